The molecule has 1 rings (SSSR count). The molecule has 0 saturated heterocycles. The van der Waals surface area contributed by atoms with Crippen molar-refractivity contribution in [2.24, 2.45) is 0 Å². The number of hydrogen-bond donors (Lipinski definition) is 2. The van der Waals surface area contributed by atoms with Gasteiger partial charge in [-0.25, -0.2) is 13.6 Å². The van der Waals surface area contributed by atoms with Crippen molar-refractivity contribution in [1.29, 1.82) is 0 Å². The van der Waals surface area contributed by atoms with Crippen LogP contribution < -0.4 is 10.1 Å². The number of methoxy groups -OCH3 is 1. The molecular weight excluding hydrogens is 284 g/mol. The van der Waals surface area contributed by atoms with Crippen molar-refractivity contribution in [3.8, 4) is 5.75 Å². The molecule has 0 aliphatic carbocycles. The summed E-state index contributed by atoms with van der Waals surface area (Å²) < 4.78 is 29.5. The van der Waals surface area contributed by atoms with Crippen LogP contribution in [0.3, 0.4) is 0 Å². The molecule has 1 aromatic rings. The summed E-state index contributed by atoms with van der Waals surface area (Å²) in [6.07, 6.45) is -3.72. The Morgan fingerprint density at radius 3 is 2.29 bits per heavy atom. The van der Waals surface area contributed by atoms with Gasteiger partial charge in [0, 0.05) is 6.42 Å². The van der Waals surface area contributed by atoms with E-state index < -0.39 is 36.7 Å². The molecule has 0 aliphatic heterocycles. The third-order valence-electron chi connectivity index (χ3n) is 3.04. The monoisotopic (exact) mass is 301 g/mol. The number of nitrogens with one attached hydrogen (secondary N) is 1. The van der Waals surface area contributed by atoms with Gasteiger partial charge in [-0.1, -0.05) is 12.1 Å². The van der Waals surface area contributed by atoms with Crippen molar-refractivity contribution in [2.45, 2.75) is 31.7 Å². The molecule has 0 bridgehead atoms. The standard InChI is InChI=1S/C14H17F2NO4/c1-8(9-3-5-10(21-2)6-4-9)13(18)17-11(14(19)20)7-12(15)16/h3-6,8,11-12H,7H2,1-2H3,(H,17,18)(H,19,20). The lowest BCUT2D eigenvalue weighted by Crippen LogP contribution is -2.43. The molecule has 5 nitrogen and oxygen atoms in total. The molecule has 1 amide bonds. The lowest BCUT2D eigenvalue weighted by molar-refractivity contribution is -0.143. The van der Waals surface area contributed by atoms with Crippen LogP contribution in [0.4, 0.5) is 8.78 Å². The van der Waals surface area contributed by atoms with Gasteiger partial charge < -0.3 is 15.2 Å². The number of alkyl halides is 2. The summed E-state index contributed by atoms with van der Waals surface area (Å²) in [6, 6.07) is 5.04. The Kier molecular flexibility index (Phi) is 6.08. The number of carboxylic acid groups (broad SMARTS) is 1. The minimum Gasteiger partial charge on any atom is -0.497 e. The highest BCUT2D eigenvalue weighted by molar-refractivity contribution is 5.87. The number of halogens is 2. The topological polar surface area (TPSA) is 75.6 Å². The molecule has 0 aromatic heterocycles. The van der Waals surface area contributed by atoms with Crippen LogP contribution >= 0.6 is 0 Å². The summed E-state index contributed by atoms with van der Waals surface area (Å²) in [7, 11) is 1.51. The SMILES string of the molecule is COc1ccc(C(C)C(=O)NC(CC(F)F)C(=O)O)cc1. The Labute approximate surface area is 120 Å². The molecule has 0 radical (unpaired) electrons. The fourth-order valence-electron chi connectivity index (χ4n) is 1.74. The highest BCUT2D eigenvalue weighted by Crippen LogP contribution is 2.19. The van der Waals surface area contributed by atoms with Crippen LogP contribution in [0.2, 0.25) is 0 Å². The van der Waals surface area contributed by atoms with Crippen LogP contribution in [-0.4, -0.2) is 36.6 Å². The highest BCUT2D eigenvalue weighted by Gasteiger charge is 2.26. The molecule has 2 N–H and O–H groups in total. The first-order chi connectivity index (χ1) is 9.85. The zero-order chi connectivity index (χ0) is 16.0. The molecule has 116 valence electrons. The summed E-state index contributed by atoms with van der Waals surface area (Å²) in [4.78, 5) is 22.8. The number of carboxylic acids is 1. The Bertz CT molecular complexity index is 490. The molecule has 0 aliphatic rings. The van der Waals surface area contributed by atoms with Crippen LogP contribution in [0, 0.1) is 0 Å². The van der Waals surface area contributed by atoms with Gasteiger partial charge in [-0.15, -0.1) is 0 Å². The molecule has 0 fully saturated rings. The first kappa shape index (κ1) is 16.9. The quantitative estimate of drug-likeness (QED) is 0.808. The number of carbonyl (C=O) groups is 2. The minimum atomic E-state index is -2.80. The molecule has 2 atom stereocenters. The van der Waals surface area contributed by atoms with E-state index in [1.54, 1.807) is 31.2 Å². The molecule has 0 heterocycles. The van der Waals surface area contributed by atoms with E-state index in [1.165, 1.54) is 7.11 Å². The molecule has 0 saturated carbocycles. The zero-order valence-electron chi connectivity index (χ0n) is 11.7. The van der Waals surface area contributed by atoms with Crippen molar-refractivity contribution in [3.05, 3.63) is 29.8 Å². The second kappa shape index (κ2) is 7.56. The van der Waals surface area contributed by atoms with Crippen molar-refractivity contribution in [1.82, 2.24) is 5.32 Å². The van der Waals surface area contributed by atoms with Gasteiger partial charge in [0.1, 0.15) is 11.8 Å². The highest BCUT2D eigenvalue weighted by atomic mass is 19.3. The average molecular weight is 301 g/mol. The number of amides is 1. The molecule has 7 heteroatoms. The Morgan fingerprint density at radius 1 is 1.29 bits per heavy atom. The third-order valence-corrected chi connectivity index (χ3v) is 3.04. The second-order valence-electron chi connectivity index (χ2n) is 4.52. The van der Waals surface area contributed by atoms with E-state index in [4.69, 9.17) is 9.84 Å². The van der Waals surface area contributed by atoms with E-state index in [0.717, 1.165) is 0 Å². The maximum absolute atomic E-state index is 12.3. The van der Waals surface area contributed by atoms with E-state index in [-0.39, 0.29) is 0 Å². The summed E-state index contributed by atoms with van der Waals surface area (Å²) in [5.41, 5.74) is 0.634. The van der Waals surface area contributed by atoms with Gasteiger partial charge >= 0.3 is 5.97 Å². The smallest absolute Gasteiger partial charge is 0.326 e. The van der Waals surface area contributed by atoms with Crippen LogP contribution in [0.1, 0.15) is 24.8 Å². The lowest BCUT2D eigenvalue weighted by atomic mass is 9.99. The fourth-order valence-corrected chi connectivity index (χ4v) is 1.74. The maximum Gasteiger partial charge on any atom is 0.326 e. The predicted octanol–water partition coefficient (Wildman–Crippen LogP) is 2.02. The van der Waals surface area contributed by atoms with Gasteiger partial charge in [0.15, 0.2) is 0 Å². The lowest BCUT2D eigenvalue weighted by Gasteiger charge is -2.18. The van der Waals surface area contributed by atoms with E-state index in [2.05, 4.69) is 5.32 Å². The molecule has 2 unspecified atom stereocenters. The van der Waals surface area contributed by atoms with Gasteiger partial charge in [-0.2, -0.15) is 0 Å². The number of benzene rings is 1. The first-order valence-corrected chi connectivity index (χ1v) is 6.30. The number of ether oxygens (including phenoxy) is 1. The maximum atomic E-state index is 12.3. The van der Waals surface area contributed by atoms with E-state index in [0.29, 0.717) is 11.3 Å². The van der Waals surface area contributed by atoms with Crippen molar-refractivity contribution in [2.75, 3.05) is 7.11 Å². The number of hydrogen-bond acceptors (Lipinski definition) is 3. The van der Waals surface area contributed by atoms with Crippen LogP contribution in [0.5, 0.6) is 5.75 Å². The largest absolute Gasteiger partial charge is 0.497 e. The van der Waals surface area contributed by atoms with Gasteiger partial charge in [-0.05, 0) is 24.6 Å². The number of aliphatic carboxylic acids is 1. The molecule has 21 heavy (non-hydrogen) atoms. The molecule has 0 spiro atoms. The minimum absolute atomic E-state index is 0.617. The van der Waals surface area contributed by atoms with Crippen molar-refractivity contribution >= 4 is 11.9 Å². The van der Waals surface area contributed by atoms with Crippen LogP contribution in [0.15, 0.2) is 24.3 Å². The summed E-state index contributed by atoms with van der Waals surface area (Å²) in [6.45, 7) is 1.57. The summed E-state index contributed by atoms with van der Waals surface area (Å²) in [5.74, 6) is -2.14. The van der Waals surface area contributed by atoms with Gasteiger partial charge in [-0.3, -0.25) is 4.79 Å². The summed E-state index contributed by atoms with van der Waals surface area (Å²) in [5, 5.41) is 11.0. The van der Waals surface area contributed by atoms with Crippen molar-refractivity contribution in [3.63, 3.8) is 0 Å². The zero-order valence-corrected chi connectivity index (χ0v) is 11.7. The van der Waals surface area contributed by atoms with E-state index >= 15 is 0 Å². The normalized spacial score (nSPS) is 13.6. The molecular formula is C14H17F2NO4. The Balaban J connectivity index is 2.73. The number of rotatable bonds is 7. The van der Waals surface area contributed by atoms with E-state index in [1.807, 2.05) is 0 Å². The molecule has 1 aromatic carbocycles. The van der Waals surface area contributed by atoms with Gasteiger partial charge in [0.2, 0.25) is 12.3 Å². The van der Waals surface area contributed by atoms with Gasteiger partial charge in [0.25, 0.3) is 0 Å². The summed E-state index contributed by atoms with van der Waals surface area (Å²) >= 11 is 0. The van der Waals surface area contributed by atoms with Crippen LogP contribution in [0.25, 0.3) is 0 Å². The fraction of sp³-hybridized carbons (Fsp3) is 0.429. The van der Waals surface area contributed by atoms with Crippen molar-refractivity contribution < 1.29 is 28.2 Å². The second-order valence-corrected chi connectivity index (χ2v) is 4.52. The Hall–Kier alpha value is -2.18. The predicted molar refractivity (Wildman–Crippen MR) is 71.6 cm³/mol. The van der Waals surface area contributed by atoms with E-state index in [9.17, 15) is 18.4 Å². The Morgan fingerprint density at radius 2 is 1.86 bits per heavy atom. The van der Waals surface area contributed by atoms with Crippen LogP contribution in [-0.2, 0) is 9.59 Å². The van der Waals surface area contributed by atoms with Gasteiger partial charge in [0.05, 0.1) is 13.0 Å². The average Bonchev–Trinajstić information content (AvgIpc) is 2.45. The third kappa shape index (κ3) is 5.02. The first-order valence-electron chi connectivity index (χ1n) is 6.30. The number of carbonyl (C=O) groups excluding carboxylic acids is 1.